The van der Waals surface area contributed by atoms with Gasteiger partial charge in [0.2, 0.25) is 0 Å². The largest absolute Gasteiger partial charge is 0.446 e. The fraction of sp³-hybridized carbons (Fsp3) is 0.533. The van der Waals surface area contributed by atoms with Gasteiger partial charge in [0.25, 0.3) is 0 Å². The van der Waals surface area contributed by atoms with Gasteiger partial charge in [-0.3, -0.25) is 5.32 Å². The lowest BCUT2D eigenvalue weighted by Gasteiger charge is -2.24. The van der Waals surface area contributed by atoms with Crippen molar-refractivity contribution in [3.05, 3.63) is 30.3 Å². The first-order valence-corrected chi connectivity index (χ1v) is 7.00. The predicted octanol–water partition coefficient (Wildman–Crippen LogP) is 3.27. The van der Waals surface area contributed by atoms with E-state index in [0.29, 0.717) is 31.4 Å². The summed E-state index contributed by atoms with van der Waals surface area (Å²) in [6, 6.07) is 9.04. The zero-order valence-corrected chi connectivity index (χ0v) is 11.3. The van der Waals surface area contributed by atoms with Gasteiger partial charge < -0.3 is 9.84 Å². The highest BCUT2D eigenvalue weighted by molar-refractivity contribution is 5.84. The van der Waals surface area contributed by atoms with Gasteiger partial charge in [0.15, 0.2) is 0 Å². The van der Waals surface area contributed by atoms with Crippen molar-refractivity contribution in [1.29, 1.82) is 0 Å². The molecule has 1 aliphatic carbocycles. The lowest BCUT2D eigenvalue weighted by molar-refractivity contribution is 0.0284. The second kappa shape index (κ2) is 7.24. The van der Waals surface area contributed by atoms with E-state index in [1.165, 1.54) is 0 Å². The number of anilines is 1. The van der Waals surface area contributed by atoms with Crippen molar-refractivity contribution in [2.75, 3.05) is 5.32 Å². The van der Waals surface area contributed by atoms with Crippen molar-refractivity contribution in [3.63, 3.8) is 0 Å². The molecule has 0 heterocycles. The quantitative estimate of drug-likeness (QED) is 0.874. The average Bonchev–Trinajstić information content (AvgIpc) is 2.43. The standard InChI is InChI=1S/C15H20FNO3/c16-13-10-9-12(7-4-8-14(13)18)20-15(19)17-11-5-2-1-3-6-11/h1-3,5-6,12-14,18H,4,7-10H2,(H,17,19)/t12-,13-,14+/m0/s1. The maximum Gasteiger partial charge on any atom is 0.411 e. The number of benzene rings is 1. The molecule has 2 rings (SSSR count). The molecule has 0 aromatic heterocycles. The van der Waals surface area contributed by atoms with E-state index in [1.54, 1.807) is 12.1 Å². The molecule has 2 N–H and O–H groups in total. The van der Waals surface area contributed by atoms with Crippen LogP contribution in [0.5, 0.6) is 0 Å². The number of hydrogen-bond acceptors (Lipinski definition) is 3. The van der Waals surface area contributed by atoms with Crippen LogP contribution < -0.4 is 5.32 Å². The summed E-state index contributed by atoms with van der Waals surface area (Å²) in [6.07, 6.45) is -0.502. The first-order chi connectivity index (χ1) is 9.65. The van der Waals surface area contributed by atoms with Gasteiger partial charge in [0.05, 0.1) is 6.10 Å². The third-order valence-electron chi connectivity index (χ3n) is 3.50. The molecule has 20 heavy (non-hydrogen) atoms. The van der Waals surface area contributed by atoms with Crippen LogP contribution in [-0.4, -0.2) is 29.6 Å². The van der Waals surface area contributed by atoms with Crippen molar-refractivity contribution in [3.8, 4) is 0 Å². The SMILES string of the molecule is O=C(Nc1ccccc1)O[C@H]1CCC[C@@H](O)[C@@H](F)CC1. The van der Waals surface area contributed by atoms with E-state index in [9.17, 15) is 14.3 Å². The predicted molar refractivity (Wildman–Crippen MR) is 74.3 cm³/mol. The van der Waals surface area contributed by atoms with Crippen LogP contribution in [0.25, 0.3) is 0 Å². The lowest BCUT2D eigenvalue weighted by atomic mass is 9.95. The smallest absolute Gasteiger partial charge is 0.411 e. The van der Waals surface area contributed by atoms with Gasteiger partial charge in [0.1, 0.15) is 12.3 Å². The number of aliphatic hydroxyl groups is 1. The number of aliphatic hydroxyl groups excluding tert-OH is 1. The molecule has 0 unspecified atom stereocenters. The molecule has 0 spiro atoms. The van der Waals surface area contributed by atoms with Gasteiger partial charge in [-0.15, -0.1) is 0 Å². The number of alkyl halides is 1. The Morgan fingerprint density at radius 1 is 1.20 bits per heavy atom. The number of amides is 1. The topological polar surface area (TPSA) is 58.6 Å². The Bertz CT molecular complexity index is 426. The molecule has 5 heteroatoms. The Morgan fingerprint density at radius 2 is 1.95 bits per heavy atom. The van der Waals surface area contributed by atoms with Crippen LogP contribution in [0.1, 0.15) is 32.1 Å². The molecule has 1 amide bonds. The molecule has 1 fully saturated rings. The maximum atomic E-state index is 13.5. The number of rotatable bonds is 2. The third kappa shape index (κ3) is 4.49. The van der Waals surface area contributed by atoms with Gasteiger partial charge in [0, 0.05) is 5.69 Å². The zero-order valence-electron chi connectivity index (χ0n) is 11.3. The molecule has 1 aliphatic rings. The monoisotopic (exact) mass is 281 g/mol. The highest BCUT2D eigenvalue weighted by atomic mass is 19.1. The van der Waals surface area contributed by atoms with E-state index in [0.717, 1.165) is 0 Å². The van der Waals surface area contributed by atoms with Crippen molar-refractivity contribution >= 4 is 11.8 Å². The number of hydrogen-bond donors (Lipinski definition) is 2. The minimum atomic E-state index is -1.22. The highest BCUT2D eigenvalue weighted by Crippen LogP contribution is 2.22. The molecule has 4 nitrogen and oxygen atoms in total. The summed E-state index contributed by atoms with van der Waals surface area (Å²) in [5.41, 5.74) is 0.669. The Balaban J connectivity index is 1.81. The van der Waals surface area contributed by atoms with Crippen molar-refractivity contribution in [2.45, 2.75) is 50.5 Å². The van der Waals surface area contributed by atoms with Crippen molar-refractivity contribution in [2.24, 2.45) is 0 Å². The normalized spacial score (nSPS) is 27.2. The minimum Gasteiger partial charge on any atom is -0.446 e. The molecule has 1 aromatic rings. The van der Waals surface area contributed by atoms with Crippen molar-refractivity contribution < 1.29 is 19.0 Å². The number of halogens is 1. The van der Waals surface area contributed by atoms with Gasteiger partial charge in [-0.05, 0) is 44.2 Å². The van der Waals surface area contributed by atoms with Crippen LogP contribution in [-0.2, 0) is 4.74 Å². The number of carbonyl (C=O) groups is 1. The summed E-state index contributed by atoms with van der Waals surface area (Å²) >= 11 is 0. The molecular weight excluding hydrogens is 261 g/mol. The maximum absolute atomic E-state index is 13.5. The summed E-state index contributed by atoms with van der Waals surface area (Å²) in [7, 11) is 0. The minimum absolute atomic E-state index is 0.227. The van der Waals surface area contributed by atoms with E-state index in [4.69, 9.17) is 4.74 Å². The Kier molecular flexibility index (Phi) is 5.35. The van der Waals surface area contributed by atoms with Gasteiger partial charge in [-0.1, -0.05) is 18.2 Å². The second-order valence-corrected chi connectivity index (χ2v) is 5.11. The summed E-state index contributed by atoms with van der Waals surface area (Å²) in [4.78, 5) is 11.7. The second-order valence-electron chi connectivity index (χ2n) is 5.11. The van der Waals surface area contributed by atoms with E-state index in [-0.39, 0.29) is 12.5 Å². The van der Waals surface area contributed by atoms with E-state index in [1.807, 2.05) is 18.2 Å². The number of para-hydroxylation sites is 1. The first-order valence-electron chi connectivity index (χ1n) is 7.00. The Morgan fingerprint density at radius 3 is 2.70 bits per heavy atom. The molecule has 1 saturated carbocycles. The first kappa shape index (κ1) is 14.8. The molecule has 0 bridgehead atoms. The third-order valence-corrected chi connectivity index (χ3v) is 3.50. The van der Waals surface area contributed by atoms with Crippen molar-refractivity contribution in [1.82, 2.24) is 0 Å². The number of ether oxygens (including phenoxy) is 1. The summed E-state index contributed by atoms with van der Waals surface area (Å²) in [6.45, 7) is 0. The molecular formula is C15H20FNO3. The van der Waals surface area contributed by atoms with E-state index >= 15 is 0 Å². The molecule has 1 aromatic carbocycles. The van der Waals surface area contributed by atoms with Gasteiger partial charge in [-0.25, -0.2) is 9.18 Å². The fourth-order valence-electron chi connectivity index (χ4n) is 2.36. The average molecular weight is 281 g/mol. The Labute approximate surface area is 117 Å². The van der Waals surface area contributed by atoms with Crippen LogP contribution in [0, 0.1) is 0 Å². The van der Waals surface area contributed by atoms with E-state index < -0.39 is 18.4 Å². The lowest BCUT2D eigenvalue weighted by Crippen LogP contribution is -2.29. The molecule has 0 radical (unpaired) electrons. The number of carbonyl (C=O) groups excluding carboxylic acids is 1. The summed E-state index contributed by atoms with van der Waals surface area (Å²) in [5, 5.41) is 12.1. The van der Waals surface area contributed by atoms with Crippen LogP contribution in [0.4, 0.5) is 14.9 Å². The van der Waals surface area contributed by atoms with E-state index in [2.05, 4.69) is 5.32 Å². The summed E-state index contributed by atoms with van der Waals surface area (Å²) < 4.78 is 18.8. The van der Waals surface area contributed by atoms with Crippen LogP contribution in [0.15, 0.2) is 30.3 Å². The van der Waals surface area contributed by atoms with Crippen LogP contribution >= 0.6 is 0 Å². The van der Waals surface area contributed by atoms with Gasteiger partial charge >= 0.3 is 6.09 Å². The molecule has 110 valence electrons. The van der Waals surface area contributed by atoms with Gasteiger partial charge in [-0.2, -0.15) is 0 Å². The summed E-state index contributed by atoms with van der Waals surface area (Å²) in [5.74, 6) is 0. The number of nitrogens with one attached hydrogen (secondary N) is 1. The molecule has 3 atom stereocenters. The van der Waals surface area contributed by atoms with Crippen LogP contribution in [0.3, 0.4) is 0 Å². The zero-order chi connectivity index (χ0) is 14.4. The molecule has 0 aliphatic heterocycles. The highest BCUT2D eigenvalue weighted by Gasteiger charge is 2.25. The Hall–Kier alpha value is -1.62. The molecule has 0 saturated heterocycles. The van der Waals surface area contributed by atoms with Crippen LogP contribution in [0.2, 0.25) is 0 Å². The fourth-order valence-corrected chi connectivity index (χ4v) is 2.36.